The number of aliphatic hydroxyl groups is 1. The van der Waals surface area contributed by atoms with Gasteiger partial charge in [0.25, 0.3) is 5.91 Å². The van der Waals surface area contributed by atoms with E-state index in [-0.39, 0.29) is 29.5 Å². The van der Waals surface area contributed by atoms with Crippen LogP contribution in [0.25, 0.3) is 11.2 Å². The van der Waals surface area contributed by atoms with Crippen LogP contribution in [0.2, 0.25) is 0 Å². The summed E-state index contributed by atoms with van der Waals surface area (Å²) in [6.07, 6.45) is -2.59. The number of fused-ring (bicyclic) bond motifs is 1. The van der Waals surface area contributed by atoms with E-state index in [0.717, 1.165) is 5.56 Å². The van der Waals surface area contributed by atoms with Crippen molar-refractivity contribution in [3.05, 3.63) is 78.4 Å². The van der Waals surface area contributed by atoms with Crippen molar-refractivity contribution >= 4 is 22.9 Å². The molecule has 0 spiro atoms. The summed E-state index contributed by atoms with van der Waals surface area (Å²) in [6, 6.07) is 16.0. The van der Waals surface area contributed by atoms with E-state index in [1.807, 2.05) is 25.1 Å². The van der Waals surface area contributed by atoms with Crippen LogP contribution in [0, 0.1) is 6.92 Å². The maximum Gasteiger partial charge on any atom is 0.256 e. The third-order valence-corrected chi connectivity index (χ3v) is 5.63. The number of aromatic nitrogens is 4. The smallest absolute Gasteiger partial charge is 0.256 e. The van der Waals surface area contributed by atoms with Gasteiger partial charge in [-0.05, 0) is 31.2 Å². The molecular formula is C24H22FN5O4. The maximum absolute atomic E-state index is 15.0. The summed E-state index contributed by atoms with van der Waals surface area (Å²) in [5, 5.41) is 13.1. The van der Waals surface area contributed by atoms with Crippen molar-refractivity contribution in [1.29, 1.82) is 0 Å². The van der Waals surface area contributed by atoms with Crippen LogP contribution in [-0.2, 0) is 4.74 Å². The SMILES string of the molecule is Cc1ccc(OC[C@H]2O[C@@H](n3cnc4c(NC(=O)c5ccccc5)ncnc43)[C@@H](F)[C@@H]2O)cc1. The predicted molar refractivity (Wildman–Crippen MR) is 121 cm³/mol. The van der Waals surface area contributed by atoms with E-state index in [1.54, 1.807) is 36.4 Å². The van der Waals surface area contributed by atoms with Gasteiger partial charge in [-0.3, -0.25) is 9.36 Å². The number of alkyl halides is 1. The molecule has 9 nitrogen and oxygen atoms in total. The highest BCUT2D eigenvalue weighted by atomic mass is 19.1. The van der Waals surface area contributed by atoms with Crippen LogP contribution < -0.4 is 10.1 Å². The average molecular weight is 463 g/mol. The Labute approximate surface area is 194 Å². The summed E-state index contributed by atoms with van der Waals surface area (Å²) in [7, 11) is 0. The fourth-order valence-corrected chi connectivity index (χ4v) is 3.78. The second-order valence-electron chi connectivity index (χ2n) is 7.99. The van der Waals surface area contributed by atoms with Gasteiger partial charge in [0, 0.05) is 5.56 Å². The standard InChI is InChI=1S/C24H22FN5O4/c1-14-7-9-16(10-8-14)33-11-17-20(31)18(25)24(34-17)30-13-28-19-21(26-12-27-22(19)30)29-23(32)15-5-3-2-4-6-15/h2-10,12-13,17-18,20,24,31H,11H2,1H3,(H,26,27,29,32)/t17-,18+,20-,24-/m1/s1. The summed E-state index contributed by atoms with van der Waals surface area (Å²) in [5.74, 6) is 0.421. The molecule has 2 aromatic heterocycles. The predicted octanol–water partition coefficient (Wildman–Crippen LogP) is 3.06. The number of imidazole rings is 1. The number of benzene rings is 2. The van der Waals surface area contributed by atoms with Crippen LogP contribution in [0.1, 0.15) is 22.1 Å². The van der Waals surface area contributed by atoms with Gasteiger partial charge in [-0.15, -0.1) is 0 Å². The van der Waals surface area contributed by atoms with Crippen molar-refractivity contribution in [3.63, 3.8) is 0 Å². The molecule has 10 heteroatoms. The number of aliphatic hydroxyl groups excluding tert-OH is 1. The van der Waals surface area contributed by atoms with Crippen molar-refractivity contribution in [2.24, 2.45) is 0 Å². The number of nitrogens with zero attached hydrogens (tertiary/aromatic N) is 4. The molecule has 4 atom stereocenters. The molecule has 1 aliphatic heterocycles. The van der Waals surface area contributed by atoms with Crippen molar-refractivity contribution in [1.82, 2.24) is 19.5 Å². The van der Waals surface area contributed by atoms with Crippen molar-refractivity contribution in [2.75, 3.05) is 11.9 Å². The van der Waals surface area contributed by atoms with Crippen molar-refractivity contribution < 1.29 is 23.8 Å². The third kappa shape index (κ3) is 4.20. The van der Waals surface area contributed by atoms with Gasteiger partial charge in [0.2, 0.25) is 0 Å². The number of hydrogen-bond acceptors (Lipinski definition) is 7. The Balaban J connectivity index is 1.34. The van der Waals surface area contributed by atoms with Crippen molar-refractivity contribution in [2.45, 2.75) is 31.5 Å². The van der Waals surface area contributed by atoms with Crippen LogP contribution in [0.4, 0.5) is 10.2 Å². The first-order valence-electron chi connectivity index (χ1n) is 10.7. The minimum atomic E-state index is -1.73. The number of nitrogens with one attached hydrogen (secondary N) is 1. The Morgan fingerprint density at radius 3 is 2.68 bits per heavy atom. The van der Waals surface area contributed by atoms with Crippen LogP contribution >= 0.6 is 0 Å². The summed E-state index contributed by atoms with van der Waals surface area (Å²) in [4.78, 5) is 25.1. The number of hydrogen-bond donors (Lipinski definition) is 2. The molecule has 1 fully saturated rings. The number of ether oxygens (including phenoxy) is 2. The minimum Gasteiger partial charge on any atom is -0.491 e. The quantitative estimate of drug-likeness (QED) is 0.452. The Kier molecular flexibility index (Phi) is 5.91. The van der Waals surface area contributed by atoms with Gasteiger partial charge in [-0.1, -0.05) is 35.9 Å². The normalized spacial score (nSPS) is 22.1. The summed E-state index contributed by atoms with van der Waals surface area (Å²) in [5.41, 5.74) is 2.08. The lowest BCUT2D eigenvalue weighted by molar-refractivity contribution is -0.0412. The molecule has 2 aromatic carbocycles. The van der Waals surface area contributed by atoms with Gasteiger partial charge in [0.15, 0.2) is 29.4 Å². The van der Waals surface area contributed by atoms with Gasteiger partial charge in [0.1, 0.15) is 30.9 Å². The first-order valence-corrected chi connectivity index (χ1v) is 10.7. The topological polar surface area (TPSA) is 111 Å². The number of amides is 1. The van der Waals surface area contributed by atoms with E-state index in [9.17, 15) is 9.90 Å². The Bertz CT molecular complexity index is 1300. The van der Waals surface area contributed by atoms with E-state index in [2.05, 4.69) is 20.3 Å². The molecular weight excluding hydrogens is 441 g/mol. The first kappa shape index (κ1) is 21.9. The maximum atomic E-state index is 15.0. The number of rotatable bonds is 6. The van der Waals surface area contributed by atoms with E-state index < -0.39 is 24.6 Å². The third-order valence-electron chi connectivity index (χ3n) is 5.63. The number of carbonyl (C=O) groups is 1. The number of carbonyl (C=O) groups excluding carboxylic acids is 1. The second kappa shape index (κ2) is 9.16. The number of aryl methyl sites for hydroxylation is 1. The van der Waals surface area contributed by atoms with Crippen LogP contribution in [0.15, 0.2) is 67.3 Å². The molecule has 3 heterocycles. The highest BCUT2D eigenvalue weighted by molar-refractivity contribution is 6.06. The molecule has 0 aliphatic carbocycles. The van der Waals surface area contributed by atoms with Gasteiger partial charge in [-0.25, -0.2) is 19.3 Å². The fraction of sp³-hybridized carbons (Fsp3) is 0.250. The Hall–Kier alpha value is -3.89. The number of anilines is 1. The zero-order valence-corrected chi connectivity index (χ0v) is 18.2. The van der Waals surface area contributed by atoms with E-state index in [1.165, 1.54) is 17.2 Å². The lowest BCUT2D eigenvalue weighted by atomic mass is 10.1. The molecule has 4 aromatic rings. The highest BCUT2D eigenvalue weighted by Crippen LogP contribution is 2.34. The average Bonchev–Trinajstić information content (AvgIpc) is 3.41. The Morgan fingerprint density at radius 1 is 1.15 bits per heavy atom. The lowest BCUT2D eigenvalue weighted by Gasteiger charge is -2.16. The molecule has 0 saturated carbocycles. The van der Waals surface area contributed by atoms with Gasteiger partial charge in [-0.2, -0.15) is 0 Å². The molecule has 0 radical (unpaired) electrons. The van der Waals surface area contributed by atoms with E-state index in [0.29, 0.717) is 11.3 Å². The molecule has 1 saturated heterocycles. The minimum absolute atomic E-state index is 0.0266. The summed E-state index contributed by atoms with van der Waals surface area (Å²) < 4.78 is 27.9. The van der Waals surface area contributed by atoms with Crippen LogP contribution in [0.3, 0.4) is 0 Å². The fourth-order valence-electron chi connectivity index (χ4n) is 3.78. The molecule has 0 bridgehead atoms. The van der Waals surface area contributed by atoms with E-state index >= 15 is 4.39 Å². The van der Waals surface area contributed by atoms with Gasteiger partial charge in [0.05, 0.1) is 6.33 Å². The van der Waals surface area contributed by atoms with Crippen LogP contribution in [-0.4, -0.2) is 55.5 Å². The van der Waals surface area contributed by atoms with E-state index in [4.69, 9.17) is 9.47 Å². The monoisotopic (exact) mass is 463 g/mol. The molecule has 1 aliphatic rings. The first-order chi connectivity index (χ1) is 16.5. The zero-order valence-electron chi connectivity index (χ0n) is 18.2. The van der Waals surface area contributed by atoms with Crippen LogP contribution in [0.5, 0.6) is 5.75 Å². The van der Waals surface area contributed by atoms with Gasteiger partial charge < -0.3 is 19.9 Å². The lowest BCUT2D eigenvalue weighted by Crippen LogP contribution is -2.32. The molecule has 34 heavy (non-hydrogen) atoms. The summed E-state index contributed by atoms with van der Waals surface area (Å²) in [6.45, 7) is 1.94. The number of halogens is 1. The highest BCUT2D eigenvalue weighted by Gasteiger charge is 2.46. The molecule has 0 unspecified atom stereocenters. The molecule has 5 rings (SSSR count). The summed E-state index contributed by atoms with van der Waals surface area (Å²) >= 11 is 0. The molecule has 174 valence electrons. The largest absolute Gasteiger partial charge is 0.491 e. The molecule has 1 amide bonds. The van der Waals surface area contributed by atoms with Gasteiger partial charge >= 0.3 is 0 Å². The Morgan fingerprint density at radius 2 is 1.91 bits per heavy atom. The second-order valence-corrected chi connectivity index (χ2v) is 7.99. The zero-order chi connectivity index (χ0) is 23.7. The van der Waals surface area contributed by atoms with Crippen molar-refractivity contribution in [3.8, 4) is 5.75 Å². The molecule has 2 N–H and O–H groups in total.